The Kier molecular flexibility index (Phi) is 7.99. The molecule has 1 fully saturated rings. The fraction of sp³-hybridized carbons (Fsp3) is 0.375. The second-order valence-corrected chi connectivity index (χ2v) is 7.51. The van der Waals surface area contributed by atoms with E-state index in [0.717, 1.165) is 56.3 Å². The summed E-state index contributed by atoms with van der Waals surface area (Å²) >= 11 is 0. The van der Waals surface area contributed by atoms with Crippen LogP contribution in [0.5, 0.6) is 0 Å². The van der Waals surface area contributed by atoms with Crippen molar-refractivity contribution in [2.45, 2.75) is 32.1 Å². The van der Waals surface area contributed by atoms with Crippen LogP contribution in [-0.4, -0.2) is 41.3 Å². The molecule has 0 aliphatic carbocycles. The van der Waals surface area contributed by atoms with Crippen molar-refractivity contribution in [3.05, 3.63) is 72.1 Å². The molecule has 1 aliphatic heterocycles. The number of nitrogens with one attached hydrogen (secondary N) is 1. The Bertz CT molecular complexity index is 797. The number of carbonyl (C=O) groups excluding carboxylic acids is 2. The lowest BCUT2D eigenvalue weighted by Crippen LogP contribution is -2.38. The fourth-order valence-electron chi connectivity index (χ4n) is 3.66. The highest BCUT2D eigenvalue weighted by Gasteiger charge is 2.23. The van der Waals surface area contributed by atoms with Gasteiger partial charge in [0.25, 0.3) is 5.91 Å². The molecule has 1 saturated heterocycles. The van der Waals surface area contributed by atoms with Gasteiger partial charge in [0.1, 0.15) is 0 Å². The first-order chi connectivity index (χ1) is 14.2. The normalized spacial score (nSPS) is 14.8. The summed E-state index contributed by atoms with van der Waals surface area (Å²) < 4.78 is 0. The molecule has 1 aliphatic rings. The Morgan fingerprint density at radius 1 is 1.07 bits per heavy atom. The van der Waals surface area contributed by atoms with E-state index in [4.69, 9.17) is 0 Å². The number of aromatic nitrogens is 1. The van der Waals surface area contributed by atoms with Crippen LogP contribution >= 0.6 is 0 Å². The van der Waals surface area contributed by atoms with Gasteiger partial charge in [0.05, 0.1) is 0 Å². The lowest BCUT2D eigenvalue weighted by molar-refractivity contribution is -0.116. The summed E-state index contributed by atoms with van der Waals surface area (Å²) in [6.07, 6.45) is 12.1. The fourth-order valence-corrected chi connectivity index (χ4v) is 3.66. The van der Waals surface area contributed by atoms with E-state index in [0.29, 0.717) is 12.5 Å². The first-order valence-electron chi connectivity index (χ1n) is 10.4. The van der Waals surface area contributed by atoms with Crippen molar-refractivity contribution < 1.29 is 9.59 Å². The molecule has 1 N–H and O–H groups in total. The molecular formula is C24H29N3O2. The van der Waals surface area contributed by atoms with E-state index in [2.05, 4.69) is 10.3 Å². The molecule has 1 aromatic carbocycles. The zero-order chi connectivity index (χ0) is 20.3. The molecule has 5 nitrogen and oxygen atoms in total. The summed E-state index contributed by atoms with van der Waals surface area (Å²) in [6, 6.07) is 13.3. The van der Waals surface area contributed by atoms with Crippen LogP contribution in [0, 0.1) is 5.92 Å². The lowest BCUT2D eigenvalue weighted by atomic mass is 9.91. The van der Waals surface area contributed by atoms with Crippen molar-refractivity contribution in [3.8, 4) is 0 Å². The molecule has 1 aromatic heterocycles. The molecular weight excluding hydrogens is 362 g/mol. The highest BCUT2D eigenvalue weighted by atomic mass is 16.2. The van der Waals surface area contributed by atoms with Crippen molar-refractivity contribution >= 4 is 17.9 Å². The van der Waals surface area contributed by atoms with Gasteiger partial charge in [-0.25, -0.2) is 0 Å². The van der Waals surface area contributed by atoms with Crippen LogP contribution < -0.4 is 5.32 Å². The number of nitrogens with zero attached hydrogens (tertiary/aromatic N) is 2. The summed E-state index contributed by atoms with van der Waals surface area (Å²) in [5, 5.41) is 2.93. The molecule has 0 radical (unpaired) electrons. The molecule has 0 atom stereocenters. The lowest BCUT2D eigenvalue weighted by Gasteiger charge is -2.32. The van der Waals surface area contributed by atoms with Gasteiger partial charge in [0.15, 0.2) is 0 Å². The molecule has 2 heterocycles. The summed E-state index contributed by atoms with van der Waals surface area (Å²) in [4.78, 5) is 30.3. The van der Waals surface area contributed by atoms with E-state index < -0.39 is 0 Å². The maximum absolute atomic E-state index is 12.5. The van der Waals surface area contributed by atoms with Gasteiger partial charge in [-0.1, -0.05) is 37.1 Å². The number of unbranched alkanes of at least 4 members (excludes halogenated alkanes) is 1. The second kappa shape index (κ2) is 11.1. The van der Waals surface area contributed by atoms with E-state index in [1.165, 1.54) is 0 Å². The summed E-state index contributed by atoms with van der Waals surface area (Å²) in [5.74, 6) is 0.753. The van der Waals surface area contributed by atoms with Crippen LogP contribution in [0.15, 0.2) is 60.9 Å². The van der Waals surface area contributed by atoms with E-state index in [9.17, 15) is 9.59 Å². The minimum absolute atomic E-state index is 0.0680. The van der Waals surface area contributed by atoms with Crippen molar-refractivity contribution in [2.75, 3.05) is 19.6 Å². The van der Waals surface area contributed by atoms with Crippen LogP contribution in [0.4, 0.5) is 0 Å². The number of carbonyl (C=O) groups is 2. The number of piperidine rings is 1. The minimum atomic E-state index is -0.0680. The van der Waals surface area contributed by atoms with Crippen LogP contribution in [0.1, 0.15) is 48.0 Å². The van der Waals surface area contributed by atoms with E-state index in [1.54, 1.807) is 24.5 Å². The quantitative estimate of drug-likeness (QED) is 0.548. The van der Waals surface area contributed by atoms with Crippen LogP contribution in [0.3, 0.4) is 0 Å². The highest BCUT2D eigenvalue weighted by Crippen LogP contribution is 2.23. The number of amides is 2. The third-order valence-electron chi connectivity index (χ3n) is 5.37. The predicted octanol–water partition coefficient (Wildman–Crippen LogP) is 3.93. The summed E-state index contributed by atoms with van der Waals surface area (Å²) in [7, 11) is 0. The van der Waals surface area contributed by atoms with E-state index in [1.807, 2.05) is 47.4 Å². The van der Waals surface area contributed by atoms with Gasteiger partial charge in [-0.3, -0.25) is 14.6 Å². The second-order valence-electron chi connectivity index (χ2n) is 7.51. The van der Waals surface area contributed by atoms with Crippen LogP contribution in [0.2, 0.25) is 0 Å². The van der Waals surface area contributed by atoms with Crippen molar-refractivity contribution in [1.82, 2.24) is 15.2 Å². The number of pyridine rings is 1. The maximum atomic E-state index is 12.5. The monoisotopic (exact) mass is 391 g/mol. The molecule has 0 unspecified atom stereocenters. The largest absolute Gasteiger partial charge is 0.353 e. The SMILES string of the molecule is O=C(/C=C\c1cccnc1)NCCCCC1CCN(C(=O)c2ccccc2)CC1. The number of likely N-dealkylation sites (tertiary alicyclic amines) is 1. The molecule has 0 spiro atoms. The Morgan fingerprint density at radius 3 is 2.59 bits per heavy atom. The molecule has 5 heteroatoms. The number of hydrogen-bond acceptors (Lipinski definition) is 3. The van der Waals surface area contributed by atoms with Crippen molar-refractivity contribution in [2.24, 2.45) is 5.92 Å². The summed E-state index contributed by atoms with van der Waals surface area (Å²) in [6.45, 7) is 2.38. The van der Waals surface area contributed by atoms with Gasteiger partial charge < -0.3 is 10.2 Å². The van der Waals surface area contributed by atoms with Crippen LogP contribution in [0.25, 0.3) is 6.08 Å². The third kappa shape index (κ3) is 6.86. The van der Waals surface area contributed by atoms with Crippen LogP contribution in [-0.2, 0) is 4.79 Å². The molecule has 29 heavy (non-hydrogen) atoms. The molecule has 0 saturated carbocycles. The van der Waals surface area contributed by atoms with Gasteiger partial charge in [0, 0.05) is 43.7 Å². The smallest absolute Gasteiger partial charge is 0.253 e. The zero-order valence-electron chi connectivity index (χ0n) is 16.8. The Balaban J connectivity index is 1.27. The standard InChI is InChI=1S/C24H29N3O2/c28-23(12-11-21-8-6-15-25-19-21)26-16-5-4-7-20-13-17-27(18-14-20)24(29)22-9-2-1-3-10-22/h1-3,6,8-12,15,19-20H,4-5,7,13-14,16-18H2,(H,26,28)/b12-11-. The van der Waals surface area contributed by atoms with Gasteiger partial charge in [0.2, 0.25) is 5.91 Å². The highest BCUT2D eigenvalue weighted by molar-refractivity contribution is 5.94. The van der Waals surface area contributed by atoms with Gasteiger partial charge in [-0.15, -0.1) is 0 Å². The summed E-state index contributed by atoms with van der Waals surface area (Å²) in [5.41, 5.74) is 1.69. The van der Waals surface area contributed by atoms with Crippen molar-refractivity contribution in [1.29, 1.82) is 0 Å². The topological polar surface area (TPSA) is 62.3 Å². The van der Waals surface area contributed by atoms with Crippen molar-refractivity contribution in [3.63, 3.8) is 0 Å². The molecule has 152 valence electrons. The molecule has 3 rings (SSSR count). The Hall–Kier alpha value is -2.95. The van der Waals surface area contributed by atoms with Gasteiger partial charge >= 0.3 is 0 Å². The number of benzene rings is 1. The maximum Gasteiger partial charge on any atom is 0.253 e. The average Bonchev–Trinajstić information content (AvgIpc) is 2.79. The molecule has 0 bridgehead atoms. The number of rotatable bonds is 8. The minimum Gasteiger partial charge on any atom is -0.353 e. The van der Waals surface area contributed by atoms with E-state index in [-0.39, 0.29) is 11.8 Å². The predicted molar refractivity (Wildman–Crippen MR) is 115 cm³/mol. The molecule has 2 amide bonds. The average molecular weight is 392 g/mol. The first kappa shape index (κ1) is 20.8. The Labute approximate surface area is 172 Å². The Morgan fingerprint density at radius 2 is 1.86 bits per heavy atom. The van der Waals surface area contributed by atoms with Gasteiger partial charge in [-0.05, 0) is 55.0 Å². The number of hydrogen-bond donors (Lipinski definition) is 1. The first-order valence-corrected chi connectivity index (χ1v) is 10.4. The van der Waals surface area contributed by atoms with E-state index >= 15 is 0 Å². The zero-order valence-corrected chi connectivity index (χ0v) is 16.8. The third-order valence-corrected chi connectivity index (χ3v) is 5.37. The van der Waals surface area contributed by atoms with Gasteiger partial charge in [-0.2, -0.15) is 0 Å². The molecule has 2 aromatic rings.